The average molecular weight is 383 g/mol. The third-order valence-corrected chi connectivity index (χ3v) is 5.28. The highest BCUT2D eigenvalue weighted by Gasteiger charge is 2.27. The van der Waals surface area contributed by atoms with Gasteiger partial charge < -0.3 is 10.6 Å². The smallest absolute Gasteiger partial charge is 0.321 e. The van der Waals surface area contributed by atoms with Gasteiger partial charge in [0.05, 0.1) is 0 Å². The molecule has 0 bridgehead atoms. The van der Waals surface area contributed by atoms with E-state index in [1.165, 1.54) is 0 Å². The van der Waals surface area contributed by atoms with E-state index in [0.29, 0.717) is 35.5 Å². The van der Waals surface area contributed by atoms with E-state index in [1.807, 2.05) is 24.3 Å². The van der Waals surface area contributed by atoms with Crippen LogP contribution < -0.4 is 15.5 Å². The third-order valence-electron chi connectivity index (χ3n) is 5.28. The quantitative estimate of drug-likeness (QED) is 0.566. The molecule has 2 N–H and O–H groups in total. The summed E-state index contributed by atoms with van der Waals surface area (Å²) >= 11 is 0. The van der Waals surface area contributed by atoms with Crippen LogP contribution in [0.3, 0.4) is 0 Å². The summed E-state index contributed by atoms with van der Waals surface area (Å²) in [5, 5.41) is 5.60. The molecule has 29 heavy (non-hydrogen) atoms. The second-order valence-electron chi connectivity index (χ2n) is 7.02. The number of carbonyl (C=O) groups is 3. The molecule has 3 amide bonds. The number of rotatable bonds is 3. The summed E-state index contributed by atoms with van der Waals surface area (Å²) in [6.45, 7) is 1.24. The molecule has 3 aromatic rings. The molecule has 2 aliphatic rings. The van der Waals surface area contributed by atoms with Crippen molar-refractivity contribution in [1.82, 2.24) is 5.32 Å². The highest BCUT2D eigenvalue weighted by Crippen LogP contribution is 2.36. The van der Waals surface area contributed by atoms with Crippen LogP contribution in [0.5, 0.6) is 0 Å². The van der Waals surface area contributed by atoms with Gasteiger partial charge in [-0.15, -0.1) is 0 Å². The van der Waals surface area contributed by atoms with Gasteiger partial charge in [-0.2, -0.15) is 0 Å². The Morgan fingerprint density at radius 3 is 2.31 bits per heavy atom. The SMILES string of the molecule is O=C(Nc1ccc(N2CCNC2=O)cc1)c1ccc2c(c1)C(=O)c1ccccc1-2. The van der Waals surface area contributed by atoms with Gasteiger partial charge in [0.1, 0.15) is 0 Å². The molecule has 5 rings (SSSR count). The average Bonchev–Trinajstić information content (AvgIpc) is 3.30. The van der Waals surface area contributed by atoms with E-state index >= 15 is 0 Å². The van der Waals surface area contributed by atoms with Gasteiger partial charge in [-0.3, -0.25) is 14.5 Å². The number of amides is 3. The molecule has 1 aliphatic heterocycles. The van der Waals surface area contributed by atoms with E-state index in [0.717, 1.165) is 16.8 Å². The molecule has 6 nitrogen and oxygen atoms in total. The maximum absolute atomic E-state index is 12.7. The molecule has 3 aromatic carbocycles. The topological polar surface area (TPSA) is 78.5 Å². The number of anilines is 2. The van der Waals surface area contributed by atoms with Gasteiger partial charge in [0, 0.05) is 41.2 Å². The first kappa shape index (κ1) is 17.2. The van der Waals surface area contributed by atoms with Crippen molar-refractivity contribution in [3.8, 4) is 11.1 Å². The molecule has 0 aromatic heterocycles. The molecule has 1 heterocycles. The number of urea groups is 1. The summed E-state index contributed by atoms with van der Waals surface area (Å²) in [4.78, 5) is 38.7. The Hall–Kier alpha value is -3.93. The van der Waals surface area contributed by atoms with Crippen LogP contribution in [0.2, 0.25) is 0 Å². The molecule has 0 unspecified atom stereocenters. The first-order valence-electron chi connectivity index (χ1n) is 9.37. The van der Waals surface area contributed by atoms with Crippen LogP contribution in [-0.2, 0) is 0 Å². The Labute approximate surface area is 167 Å². The van der Waals surface area contributed by atoms with E-state index in [9.17, 15) is 14.4 Å². The van der Waals surface area contributed by atoms with Gasteiger partial charge in [-0.05, 0) is 47.5 Å². The first-order chi connectivity index (χ1) is 14.1. The van der Waals surface area contributed by atoms with Crippen molar-refractivity contribution in [3.63, 3.8) is 0 Å². The van der Waals surface area contributed by atoms with E-state index in [4.69, 9.17) is 0 Å². The fourth-order valence-corrected chi connectivity index (χ4v) is 3.82. The number of nitrogens with one attached hydrogen (secondary N) is 2. The van der Waals surface area contributed by atoms with Crippen molar-refractivity contribution < 1.29 is 14.4 Å². The highest BCUT2D eigenvalue weighted by atomic mass is 16.2. The van der Waals surface area contributed by atoms with Gasteiger partial charge in [0.15, 0.2) is 5.78 Å². The maximum Gasteiger partial charge on any atom is 0.321 e. The zero-order valence-electron chi connectivity index (χ0n) is 15.4. The molecular weight excluding hydrogens is 366 g/mol. The van der Waals surface area contributed by atoms with Crippen LogP contribution in [0.4, 0.5) is 16.2 Å². The summed E-state index contributed by atoms with van der Waals surface area (Å²) < 4.78 is 0. The van der Waals surface area contributed by atoms with Crippen molar-refractivity contribution in [2.24, 2.45) is 0 Å². The first-order valence-corrected chi connectivity index (χ1v) is 9.37. The number of benzene rings is 3. The fourth-order valence-electron chi connectivity index (χ4n) is 3.82. The lowest BCUT2D eigenvalue weighted by Crippen LogP contribution is -2.27. The zero-order valence-corrected chi connectivity index (χ0v) is 15.4. The van der Waals surface area contributed by atoms with Crippen LogP contribution in [0.25, 0.3) is 11.1 Å². The molecule has 0 atom stereocenters. The number of hydrogen-bond acceptors (Lipinski definition) is 3. The Morgan fingerprint density at radius 2 is 1.59 bits per heavy atom. The van der Waals surface area contributed by atoms with Gasteiger partial charge in [0.25, 0.3) is 5.91 Å². The molecule has 1 saturated heterocycles. The van der Waals surface area contributed by atoms with Crippen molar-refractivity contribution in [1.29, 1.82) is 0 Å². The largest absolute Gasteiger partial charge is 0.336 e. The minimum atomic E-state index is -0.289. The van der Waals surface area contributed by atoms with Gasteiger partial charge >= 0.3 is 6.03 Å². The Kier molecular flexibility index (Phi) is 3.91. The Morgan fingerprint density at radius 1 is 0.862 bits per heavy atom. The van der Waals surface area contributed by atoms with Crippen molar-refractivity contribution >= 4 is 29.1 Å². The van der Waals surface area contributed by atoms with Gasteiger partial charge in [-0.1, -0.05) is 30.3 Å². The van der Waals surface area contributed by atoms with Crippen LogP contribution >= 0.6 is 0 Å². The molecular formula is C23H17N3O3. The third kappa shape index (κ3) is 2.86. The summed E-state index contributed by atoms with van der Waals surface area (Å²) in [7, 11) is 0. The normalized spacial score (nSPS) is 14.4. The monoisotopic (exact) mass is 383 g/mol. The van der Waals surface area contributed by atoms with E-state index in [1.54, 1.807) is 47.4 Å². The van der Waals surface area contributed by atoms with Crippen LogP contribution in [-0.4, -0.2) is 30.8 Å². The van der Waals surface area contributed by atoms with Gasteiger partial charge in [-0.25, -0.2) is 4.79 Å². The van der Waals surface area contributed by atoms with E-state index < -0.39 is 0 Å². The van der Waals surface area contributed by atoms with Crippen LogP contribution in [0, 0.1) is 0 Å². The van der Waals surface area contributed by atoms with Crippen LogP contribution in [0.1, 0.15) is 26.3 Å². The zero-order chi connectivity index (χ0) is 20.0. The lowest BCUT2D eigenvalue weighted by Gasteiger charge is -2.14. The Bertz CT molecular complexity index is 1170. The summed E-state index contributed by atoms with van der Waals surface area (Å²) in [6, 6.07) is 19.6. The molecule has 6 heteroatoms. The molecule has 0 radical (unpaired) electrons. The van der Waals surface area contributed by atoms with Crippen molar-refractivity contribution in [2.75, 3.05) is 23.3 Å². The lowest BCUT2D eigenvalue weighted by atomic mass is 10.0. The number of carbonyl (C=O) groups excluding carboxylic acids is 3. The second kappa shape index (κ2) is 6.60. The predicted octanol–water partition coefficient (Wildman–Crippen LogP) is 3.68. The molecule has 1 aliphatic carbocycles. The molecule has 142 valence electrons. The van der Waals surface area contributed by atoms with E-state index in [-0.39, 0.29) is 17.7 Å². The highest BCUT2D eigenvalue weighted by molar-refractivity contribution is 6.22. The van der Waals surface area contributed by atoms with Crippen molar-refractivity contribution in [2.45, 2.75) is 0 Å². The second-order valence-corrected chi connectivity index (χ2v) is 7.02. The standard InChI is InChI=1S/C23H17N3O3/c27-21-19-4-2-1-3-17(19)18-10-5-14(13-20(18)21)22(28)25-15-6-8-16(9-7-15)26-12-11-24-23(26)29/h1-10,13H,11-12H2,(H,24,29)(H,25,28). The predicted molar refractivity (Wildman–Crippen MR) is 110 cm³/mol. The minimum absolute atomic E-state index is 0.0570. The number of hydrogen-bond donors (Lipinski definition) is 2. The molecule has 0 saturated carbocycles. The van der Waals surface area contributed by atoms with Crippen LogP contribution in [0.15, 0.2) is 66.7 Å². The van der Waals surface area contributed by atoms with Gasteiger partial charge in [0.2, 0.25) is 0 Å². The molecule has 1 fully saturated rings. The molecule has 0 spiro atoms. The maximum atomic E-state index is 12.7. The minimum Gasteiger partial charge on any atom is -0.336 e. The van der Waals surface area contributed by atoms with Crippen molar-refractivity contribution in [3.05, 3.63) is 83.4 Å². The Balaban J connectivity index is 1.36. The number of nitrogens with zero attached hydrogens (tertiary/aromatic N) is 1. The fraction of sp³-hybridized carbons (Fsp3) is 0.0870. The summed E-state index contributed by atoms with van der Waals surface area (Å²) in [5.41, 5.74) is 4.80. The lowest BCUT2D eigenvalue weighted by molar-refractivity contribution is 0.102. The number of ketones is 1. The summed E-state index contributed by atoms with van der Waals surface area (Å²) in [5.74, 6) is -0.346. The van der Waals surface area contributed by atoms with E-state index in [2.05, 4.69) is 10.6 Å². The summed E-state index contributed by atoms with van der Waals surface area (Å²) in [6.07, 6.45) is 0. The number of fused-ring (bicyclic) bond motifs is 3.